The van der Waals surface area contributed by atoms with Crippen LogP contribution in [0.4, 0.5) is 5.95 Å². The number of nitrogens with two attached hydrogens (primary N) is 1. The van der Waals surface area contributed by atoms with E-state index in [0.717, 1.165) is 59.7 Å². The van der Waals surface area contributed by atoms with Crippen molar-refractivity contribution >= 4 is 26.7 Å². The van der Waals surface area contributed by atoms with Gasteiger partial charge in [-0.1, -0.05) is 25.1 Å². The first-order chi connectivity index (χ1) is 18.8. The zero-order valence-electron chi connectivity index (χ0n) is 22.6. The molecule has 0 radical (unpaired) electrons. The van der Waals surface area contributed by atoms with E-state index >= 15 is 0 Å². The lowest BCUT2D eigenvalue weighted by molar-refractivity contribution is 0.398. The molecule has 3 N–H and O–H groups in total. The van der Waals surface area contributed by atoms with Crippen LogP contribution >= 0.6 is 0 Å². The predicted octanol–water partition coefficient (Wildman–Crippen LogP) is 5.23. The summed E-state index contributed by atoms with van der Waals surface area (Å²) in [4.78, 5) is 14.3. The summed E-state index contributed by atoms with van der Waals surface area (Å²) < 4.78 is 31.8. The summed E-state index contributed by atoms with van der Waals surface area (Å²) in [5, 5.41) is 4.42. The molecule has 1 fully saturated rings. The van der Waals surface area contributed by atoms with Crippen molar-refractivity contribution < 1.29 is 13.2 Å². The number of nitrogens with zero attached hydrogens (tertiary/aromatic N) is 3. The summed E-state index contributed by atoms with van der Waals surface area (Å²) in [6, 6.07) is 15.4. The third-order valence-corrected chi connectivity index (χ3v) is 9.24. The van der Waals surface area contributed by atoms with Crippen LogP contribution in [0.25, 0.3) is 22.0 Å². The van der Waals surface area contributed by atoms with Gasteiger partial charge in [-0.15, -0.1) is 0 Å². The Morgan fingerprint density at radius 3 is 2.54 bits per heavy atom. The molecule has 0 amide bonds. The molecule has 1 aliphatic rings. The Morgan fingerprint density at radius 1 is 1.05 bits per heavy atom. The molecule has 0 bridgehead atoms. The lowest BCUT2D eigenvalue weighted by Crippen LogP contribution is -2.33. The number of hydrogen-bond donors (Lipinski definition) is 2. The number of rotatable bonds is 8. The fraction of sp³-hybridized carbons (Fsp3) is 0.367. The minimum atomic E-state index is -3.55. The lowest BCUT2D eigenvalue weighted by Gasteiger charge is -2.26. The zero-order valence-corrected chi connectivity index (χ0v) is 23.5. The molecule has 9 heteroatoms. The second kappa shape index (κ2) is 11.3. The first-order valence-electron chi connectivity index (χ1n) is 13.4. The summed E-state index contributed by atoms with van der Waals surface area (Å²) in [7, 11) is -2.00. The predicted molar refractivity (Wildman–Crippen MR) is 155 cm³/mol. The molecule has 8 nitrogen and oxygen atoms in total. The maximum absolute atomic E-state index is 13.1. The molecule has 0 unspecified atom stereocenters. The topological polar surface area (TPSA) is 120 Å². The number of methoxy groups -OCH3 is 1. The quantitative estimate of drug-likeness (QED) is 0.309. The number of ether oxygens (including phenoxy) is 1. The smallest absolute Gasteiger partial charge is 0.223 e. The third kappa shape index (κ3) is 5.89. The van der Waals surface area contributed by atoms with Crippen LogP contribution in [0.2, 0.25) is 0 Å². The van der Waals surface area contributed by atoms with Crippen LogP contribution in [-0.2, 0) is 22.0 Å². The van der Waals surface area contributed by atoms with E-state index in [1.165, 1.54) is 0 Å². The van der Waals surface area contributed by atoms with Gasteiger partial charge in [0.05, 0.1) is 29.0 Å². The van der Waals surface area contributed by atoms with E-state index in [4.69, 9.17) is 15.5 Å². The van der Waals surface area contributed by atoms with Crippen molar-refractivity contribution in [3.8, 4) is 17.0 Å². The first kappa shape index (κ1) is 27.0. The highest BCUT2D eigenvalue weighted by atomic mass is 32.2. The van der Waals surface area contributed by atoms with Gasteiger partial charge in [-0.25, -0.2) is 23.4 Å². The number of fused-ring (bicyclic) bond motifs is 1. The second-order valence-corrected chi connectivity index (χ2v) is 12.2. The summed E-state index contributed by atoms with van der Waals surface area (Å²) in [6.07, 6.45) is 6.73. The van der Waals surface area contributed by atoms with E-state index in [1.54, 1.807) is 38.3 Å². The van der Waals surface area contributed by atoms with Gasteiger partial charge < -0.3 is 15.8 Å². The van der Waals surface area contributed by atoms with Crippen molar-refractivity contribution in [2.75, 3.05) is 12.4 Å². The molecule has 2 aromatic carbocycles. The average molecular weight is 546 g/mol. The molecule has 204 valence electrons. The van der Waals surface area contributed by atoms with Gasteiger partial charge in [0, 0.05) is 29.2 Å². The highest BCUT2D eigenvalue weighted by Gasteiger charge is 2.21. The number of anilines is 1. The number of aryl methyl sites for hydroxylation is 2. The number of hydrogen-bond acceptors (Lipinski definition) is 8. The van der Waals surface area contributed by atoms with E-state index in [1.807, 2.05) is 24.4 Å². The van der Waals surface area contributed by atoms with E-state index in [9.17, 15) is 8.42 Å². The van der Waals surface area contributed by atoms with Crippen LogP contribution in [0.1, 0.15) is 49.4 Å². The minimum absolute atomic E-state index is 0.205. The number of benzene rings is 2. The second-order valence-electron chi connectivity index (χ2n) is 10.3. The van der Waals surface area contributed by atoms with Crippen molar-refractivity contribution in [2.45, 2.75) is 68.7 Å². The van der Waals surface area contributed by atoms with Gasteiger partial charge in [0.1, 0.15) is 0 Å². The van der Waals surface area contributed by atoms with Crippen molar-refractivity contribution in [1.29, 1.82) is 0 Å². The maximum Gasteiger partial charge on any atom is 0.223 e. The normalized spacial score (nSPS) is 17.7. The highest BCUT2D eigenvalue weighted by molar-refractivity contribution is 7.90. The third-order valence-electron chi connectivity index (χ3n) is 7.44. The minimum Gasteiger partial charge on any atom is -0.481 e. The van der Waals surface area contributed by atoms with E-state index in [2.05, 4.69) is 28.3 Å². The number of nitrogens with one attached hydrogen (secondary N) is 1. The molecule has 0 spiro atoms. The van der Waals surface area contributed by atoms with Crippen LogP contribution in [0.5, 0.6) is 5.88 Å². The Balaban J connectivity index is 1.44. The molecule has 2 heterocycles. The molecule has 2 aromatic heterocycles. The largest absolute Gasteiger partial charge is 0.481 e. The molecule has 1 saturated carbocycles. The average Bonchev–Trinajstić information content (AvgIpc) is 2.93. The molecule has 0 atom stereocenters. The van der Waals surface area contributed by atoms with Gasteiger partial charge >= 0.3 is 0 Å². The number of aromatic nitrogens is 3. The van der Waals surface area contributed by atoms with Crippen LogP contribution in [0, 0.1) is 6.92 Å². The van der Waals surface area contributed by atoms with Gasteiger partial charge in [0.25, 0.3) is 0 Å². The summed E-state index contributed by atoms with van der Waals surface area (Å²) in [5.74, 6) is 0.815. The molecule has 4 aromatic rings. The van der Waals surface area contributed by atoms with Crippen molar-refractivity contribution in [3.05, 3.63) is 71.5 Å². The van der Waals surface area contributed by atoms with E-state index in [-0.39, 0.29) is 5.75 Å². The summed E-state index contributed by atoms with van der Waals surface area (Å²) in [5.41, 5.74) is 10.9. The van der Waals surface area contributed by atoms with Gasteiger partial charge in [-0.05, 0) is 86.1 Å². The molecular weight excluding hydrogens is 510 g/mol. The van der Waals surface area contributed by atoms with Gasteiger partial charge in [-0.2, -0.15) is 0 Å². The van der Waals surface area contributed by atoms with Gasteiger partial charge in [-0.3, -0.25) is 0 Å². The van der Waals surface area contributed by atoms with E-state index in [0.29, 0.717) is 40.1 Å². The Labute approximate surface area is 230 Å². The SMILES string of the molecule is CCc1cc(-c2ccc(CS(=O)(=O)c3ccccc3C)nc2OC)cc2cnc(NC3CCC(N)CC3)nc12. The Morgan fingerprint density at radius 2 is 1.82 bits per heavy atom. The van der Waals surface area contributed by atoms with Crippen molar-refractivity contribution in [3.63, 3.8) is 0 Å². The standard InChI is InChI=1S/C30H35N5O3S/c1-4-20-15-21(16-22-17-32-30(35-28(20)22)34-24-11-9-23(31)10-12-24)26-14-13-25(33-29(26)38-3)18-39(36,37)27-8-6-5-7-19(27)2/h5-8,13-17,23-24H,4,9-12,18,31H2,1-3H3,(H,32,34,35). The monoisotopic (exact) mass is 545 g/mol. The highest BCUT2D eigenvalue weighted by Crippen LogP contribution is 2.33. The van der Waals surface area contributed by atoms with Crippen molar-refractivity contribution in [1.82, 2.24) is 15.0 Å². The first-order valence-corrected chi connectivity index (χ1v) is 15.1. The van der Waals surface area contributed by atoms with Crippen LogP contribution in [0.3, 0.4) is 0 Å². The lowest BCUT2D eigenvalue weighted by atomic mass is 9.92. The Kier molecular flexibility index (Phi) is 7.81. The van der Waals surface area contributed by atoms with Gasteiger partial charge in [0.15, 0.2) is 9.84 Å². The van der Waals surface area contributed by atoms with Gasteiger partial charge in [0.2, 0.25) is 11.8 Å². The number of pyridine rings is 1. The maximum atomic E-state index is 13.1. The zero-order chi connectivity index (χ0) is 27.6. The molecular formula is C30H35N5O3S. The number of sulfone groups is 1. The van der Waals surface area contributed by atoms with Crippen molar-refractivity contribution in [2.24, 2.45) is 5.73 Å². The molecule has 5 rings (SSSR count). The fourth-order valence-electron chi connectivity index (χ4n) is 5.27. The fourth-order valence-corrected chi connectivity index (χ4v) is 6.82. The van der Waals surface area contributed by atoms with E-state index < -0.39 is 9.84 Å². The molecule has 1 aliphatic carbocycles. The Hall–Kier alpha value is -3.56. The Bertz CT molecular complexity index is 1600. The summed E-state index contributed by atoms with van der Waals surface area (Å²) >= 11 is 0. The van der Waals surface area contributed by atoms with Crippen LogP contribution in [-0.4, -0.2) is 42.6 Å². The van der Waals surface area contributed by atoms with Crippen LogP contribution < -0.4 is 15.8 Å². The molecule has 39 heavy (non-hydrogen) atoms. The molecule has 0 saturated heterocycles. The molecule has 0 aliphatic heterocycles. The van der Waals surface area contributed by atoms with Crippen LogP contribution in [0.15, 0.2) is 59.6 Å². The summed E-state index contributed by atoms with van der Waals surface area (Å²) in [6.45, 7) is 3.90.